The molecule has 0 saturated carbocycles. The predicted octanol–water partition coefficient (Wildman–Crippen LogP) is 2.65. The van der Waals surface area contributed by atoms with Crippen LogP contribution in [0.15, 0.2) is 0 Å². The summed E-state index contributed by atoms with van der Waals surface area (Å²) >= 11 is 0. The van der Waals surface area contributed by atoms with Gasteiger partial charge in [-0.05, 0) is 33.1 Å². The van der Waals surface area contributed by atoms with Crippen molar-refractivity contribution < 1.29 is 9.90 Å². The number of rotatable bonds is 8. The zero-order valence-corrected chi connectivity index (χ0v) is 10.4. The van der Waals surface area contributed by atoms with Gasteiger partial charge >= 0.3 is 5.97 Å². The highest BCUT2D eigenvalue weighted by atomic mass is 16.4. The van der Waals surface area contributed by atoms with Gasteiger partial charge in [-0.15, -0.1) is 0 Å². The van der Waals surface area contributed by atoms with Crippen LogP contribution in [0.1, 0.15) is 53.4 Å². The minimum atomic E-state index is -0.683. The maximum atomic E-state index is 10.6. The second-order valence-corrected chi connectivity index (χ2v) is 4.55. The summed E-state index contributed by atoms with van der Waals surface area (Å²) in [5.74, 6) is -0.890. The zero-order valence-electron chi connectivity index (χ0n) is 10.4. The second-order valence-electron chi connectivity index (χ2n) is 4.55. The maximum absolute atomic E-state index is 10.6. The Kier molecular flexibility index (Phi) is 7.39. The third kappa shape index (κ3) is 7.37. The molecule has 0 rings (SSSR count). The number of carbonyl (C=O) groups is 1. The molecule has 3 atom stereocenters. The quantitative estimate of drug-likeness (QED) is 0.654. The third-order valence-electron chi connectivity index (χ3n) is 2.88. The van der Waals surface area contributed by atoms with Gasteiger partial charge < -0.3 is 10.4 Å². The Labute approximate surface area is 93.3 Å². The molecule has 0 aliphatic rings. The molecule has 0 heterocycles. The Morgan fingerprint density at radius 1 is 1.20 bits per heavy atom. The average molecular weight is 215 g/mol. The lowest BCUT2D eigenvalue weighted by Crippen LogP contribution is -2.33. The maximum Gasteiger partial charge on any atom is 0.306 e. The fourth-order valence-corrected chi connectivity index (χ4v) is 1.54. The molecule has 3 unspecified atom stereocenters. The van der Waals surface area contributed by atoms with Crippen molar-refractivity contribution in [1.82, 2.24) is 5.32 Å². The van der Waals surface area contributed by atoms with E-state index in [1.165, 1.54) is 0 Å². The van der Waals surface area contributed by atoms with E-state index in [4.69, 9.17) is 5.11 Å². The molecule has 0 aromatic heterocycles. The standard InChI is InChI=1S/C12H25NO2/c1-5-10(3)13-11(4)8-6-7-9(2)12(14)15/h9-11,13H,5-8H2,1-4H3,(H,14,15). The Morgan fingerprint density at radius 3 is 2.27 bits per heavy atom. The molecule has 0 fully saturated rings. The van der Waals surface area contributed by atoms with Crippen LogP contribution in [0.4, 0.5) is 0 Å². The van der Waals surface area contributed by atoms with Gasteiger partial charge in [-0.1, -0.05) is 20.3 Å². The van der Waals surface area contributed by atoms with Gasteiger partial charge in [0.05, 0.1) is 5.92 Å². The van der Waals surface area contributed by atoms with Gasteiger partial charge in [-0.3, -0.25) is 4.79 Å². The topological polar surface area (TPSA) is 49.3 Å². The molecule has 0 bridgehead atoms. The van der Waals surface area contributed by atoms with E-state index in [2.05, 4.69) is 26.1 Å². The summed E-state index contributed by atoms with van der Waals surface area (Å²) < 4.78 is 0. The summed E-state index contributed by atoms with van der Waals surface area (Å²) in [5.41, 5.74) is 0. The fraction of sp³-hybridized carbons (Fsp3) is 0.917. The lowest BCUT2D eigenvalue weighted by atomic mass is 10.0. The highest BCUT2D eigenvalue weighted by Crippen LogP contribution is 2.10. The first-order chi connectivity index (χ1) is 6.97. The van der Waals surface area contributed by atoms with Gasteiger partial charge in [0.25, 0.3) is 0 Å². The number of nitrogens with one attached hydrogen (secondary N) is 1. The Hall–Kier alpha value is -0.570. The van der Waals surface area contributed by atoms with E-state index >= 15 is 0 Å². The van der Waals surface area contributed by atoms with Gasteiger partial charge in [0.2, 0.25) is 0 Å². The Balaban J connectivity index is 3.54. The molecule has 0 aliphatic heterocycles. The van der Waals surface area contributed by atoms with Gasteiger partial charge in [0.15, 0.2) is 0 Å². The number of carboxylic acid groups (broad SMARTS) is 1. The van der Waals surface area contributed by atoms with Crippen LogP contribution in [0.3, 0.4) is 0 Å². The molecule has 90 valence electrons. The van der Waals surface area contributed by atoms with Crippen LogP contribution in [0, 0.1) is 5.92 Å². The van der Waals surface area contributed by atoms with E-state index in [0.717, 1.165) is 25.7 Å². The monoisotopic (exact) mass is 215 g/mol. The lowest BCUT2D eigenvalue weighted by molar-refractivity contribution is -0.141. The van der Waals surface area contributed by atoms with Crippen LogP contribution in [0.2, 0.25) is 0 Å². The average Bonchev–Trinajstić information content (AvgIpc) is 2.17. The van der Waals surface area contributed by atoms with Crippen molar-refractivity contribution >= 4 is 5.97 Å². The first-order valence-electron chi connectivity index (χ1n) is 5.96. The van der Waals surface area contributed by atoms with Crippen LogP contribution in [-0.4, -0.2) is 23.2 Å². The third-order valence-corrected chi connectivity index (χ3v) is 2.88. The van der Waals surface area contributed by atoms with E-state index in [-0.39, 0.29) is 5.92 Å². The highest BCUT2D eigenvalue weighted by Gasteiger charge is 2.11. The van der Waals surface area contributed by atoms with Gasteiger partial charge in [-0.25, -0.2) is 0 Å². The van der Waals surface area contributed by atoms with Crippen LogP contribution in [0.25, 0.3) is 0 Å². The molecule has 3 nitrogen and oxygen atoms in total. The van der Waals surface area contributed by atoms with Crippen molar-refractivity contribution in [2.24, 2.45) is 5.92 Å². The van der Waals surface area contributed by atoms with Crippen molar-refractivity contribution in [3.63, 3.8) is 0 Å². The summed E-state index contributed by atoms with van der Waals surface area (Å²) in [6.45, 7) is 8.28. The largest absolute Gasteiger partial charge is 0.481 e. The second kappa shape index (κ2) is 7.69. The normalized spacial score (nSPS) is 17.1. The summed E-state index contributed by atoms with van der Waals surface area (Å²) in [5, 5.41) is 12.2. The zero-order chi connectivity index (χ0) is 11.8. The van der Waals surface area contributed by atoms with Crippen LogP contribution >= 0.6 is 0 Å². The summed E-state index contributed by atoms with van der Waals surface area (Å²) in [4.78, 5) is 10.6. The molecule has 0 radical (unpaired) electrons. The Morgan fingerprint density at radius 2 is 1.80 bits per heavy atom. The van der Waals surface area contributed by atoms with Crippen LogP contribution < -0.4 is 5.32 Å². The van der Waals surface area contributed by atoms with Gasteiger partial charge in [0.1, 0.15) is 0 Å². The number of hydrogen-bond donors (Lipinski definition) is 2. The van der Waals surface area contributed by atoms with Crippen molar-refractivity contribution in [3.05, 3.63) is 0 Å². The van der Waals surface area contributed by atoms with Crippen LogP contribution in [0.5, 0.6) is 0 Å². The molecule has 0 aliphatic carbocycles. The Bertz CT molecular complexity index is 182. The summed E-state index contributed by atoms with van der Waals surface area (Å²) in [7, 11) is 0. The molecule has 3 heteroatoms. The van der Waals surface area contributed by atoms with E-state index in [1.807, 2.05) is 0 Å². The molecule has 0 spiro atoms. The van der Waals surface area contributed by atoms with Gasteiger partial charge in [-0.2, -0.15) is 0 Å². The van der Waals surface area contributed by atoms with Crippen molar-refractivity contribution in [1.29, 1.82) is 0 Å². The smallest absolute Gasteiger partial charge is 0.306 e. The lowest BCUT2D eigenvalue weighted by Gasteiger charge is -2.19. The minimum absolute atomic E-state index is 0.208. The molecule has 0 amide bonds. The molecule has 0 saturated heterocycles. The van der Waals surface area contributed by atoms with Crippen molar-refractivity contribution in [2.45, 2.75) is 65.5 Å². The summed E-state index contributed by atoms with van der Waals surface area (Å²) in [6, 6.07) is 1.04. The molecule has 2 N–H and O–H groups in total. The minimum Gasteiger partial charge on any atom is -0.481 e. The predicted molar refractivity (Wildman–Crippen MR) is 63.0 cm³/mol. The number of hydrogen-bond acceptors (Lipinski definition) is 2. The molecular formula is C12H25NO2. The molecule has 0 aromatic rings. The first kappa shape index (κ1) is 14.4. The SMILES string of the molecule is CCC(C)NC(C)CCCC(C)C(=O)O. The molecular weight excluding hydrogens is 190 g/mol. The van der Waals surface area contributed by atoms with Crippen LogP contribution in [-0.2, 0) is 4.79 Å². The van der Waals surface area contributed by atoms with E-state index in [1.54, 1.807) is 6.92 Å². The number of aliphatic carboxylic acids is 1. The fourth-order valence-electron chi connectivity index (χ4n) is 1.54. The van der Waals surface area contributed by atoms with Crippen molar-refractivity contribution in [3.8, 4) is 0 Å². The van der Waals surface area contributed by atoms with Crippen molar-refractivity contribution in [2.75, 3.05) is 0 Å². The van der Waals surface area contributed by atoms with Gasteiger partial charge in [0, 0.05) is 12.1 Å². The summed E-state index contributed by atoms with van der Waals surface area (Å²) in [6.07, 6.45) is 3.96. The van der Waals surface area contributed by atoms with E-state index < -0.39 is 5.97 Å². The van der Waals surface area contributed by atoms with E-state index in [9.17, 15) is 4.79 Å². The first-order valence-corrected chi connectivity index (χ1v) is 5.96. The molecule has 15 heavy (non-hydrogen) atoms. The highest BCUT2D eigenvalue weighted by molar-refractivity contribution is 5.69. The number of carboxylic acids is 1. The van der Waals surface area contributed by atoms with E-state index in [0.29, 0.717) is 12.1 Å². The molecule has 0 aromatic carbocycles.